The molecule has 2 aliphatic heterocycles. The van der Waals surface area contributed by atoms with Crippen LogP contribution in [0.3, 0.4) is 0 Å². The molecule has 2 atom stereocenters. The Morgan fingerprint density at radius 1 is 1.32 bits per heavy atom. The van der Waals surface area contributed by atoms with Crippen LogP contribution in [-0.2, 0) is 25.6 Å². The third-order valence-corrected chi connectivity index (χ3v) is 3.92. The van der Waals surface area contributed by atoms with Crippen LogP contribution in [0.5, 0.6) is 0 Å². The fraction of sp³-hybridized carbons (Fsp3) is 0.529. The summed E-state index contributed by atoms with van der Waals surface area (Å²) in [7, 11) is 1.65. The van der Waals surface area contributed by atoms with Crippen LogP contribution in [0.15, 0.2) is 42.2 Å². The third-order valence-electron chi connectivity index (χ3n) is 3.92. The van der Waals surface area contributed by atoms with Gasteiger partial charge in [0.05, 0.1) is 32.6 Å². The van der Waals surface area contributed by atoms with Crippen LogP contribution in [0.25, 0.3) is 0 Å². The molecule has 2 aliphatic rings. The van der Waals surface area contributed by atoms with Crippen molar-refractivity contribution in [3.05, 3.63) is 47.7 Å². The van der Waals surface area contributed by atoms with Gasteiger partial charge in [0.2, 0.25) is 0 Å². The van der Waals surface area contributed by atoms with Gasteiger partial charge in [-0.15, -0.1) is 0 Å². The Hall–Kier alpha value is -1.40. The van der Waals surface area contributed by atoms with E-state index in [2.05, 4.69) is 12.1 Å². The van der Waals surface area contributed by atoms with Crippen molar-refractivity contribution < 1.29 is 19.0 Å². The molecule has 1 aromatic carbocycles. The molecule has 0 bridgehead atoms. The standard InChI is InChI=1S/C17H23NO4/c1-17(2)20-12-15(22-17)16-14(10-19-3)11-21-18(16)9-13-7-5-4-6-8-13/h4-8,10,15-16H,9,11-12H2,1-3H3/b14-10+/t15-,16-/m1/s1. The van der Waals surface area contributed by atoms with Crippen molar-refractivity contribution in [3.63, 3.8) is 0 Å². The summed E-state index contributed by atoms with van der Waals surface area (Å²) in [5.74, 6) is -0.552. The summed E-state index contributed by atoms with van der Waals surface area (Å²) < 4.78 is 17.0. The molecule has 0 aromatic heterocycles. The summed E-state index contributed by atoms with van der Waals surface area (Å²) in [4.78, 5) is 5.86. The smallest absolute Gasteiger partial charge is 0.163 e. The Balaban J connectivity index is 1.78. The van der Waals surface area contributed by atoms with Crippen molar-refractivity contribution in [2.24, 2.45) is 0 Å². The summed E-state index contributed by atoms with van der Waals surface area (Å²) in [6, 6.07) is 10.3. The predicted octanol–water partition coefficient (Wildman–Crippen LogP) is 2.48. The van der Waals surface area contributed by atoms with Crippen molar-refractivity contribution in [3.8, 4) is 0 Å². The number of hydroxylamine groups is 2. The first-order valence-electron chi connectivity index (χ1n) is 7.56. The number of hydrogen-bond acceptors (Lipinski definition) is 5. The molecule has 0 amide bonds. The molecule has 2 fully saturated rings. The second kappa shape index (κ2) is 6.38. The average molecular weight is 305 g/mol. The zero-order valence-electron chi connectivity index (χ0n) is 13.3. The van der Waals surface area contributed by atoms with Crippen molar-refractivity contribution in [2.75, 3.05) is 20.3 Å². The molecule has 22 heavy (non-hydrogen) atoms. The average Bonchev–Trinajstić information content (AvgIpc) is 3.04. The monoisotopic (exact) mass is 305 g/mol. The van der Waals surface area contributed by atoms with Gasteiger partial charge in [-0.3, -0.25) is 4.84 Å². The molecule has 0 saturated carbocycles. The predicted molar refractivity (Wildman–Crippen MR) is 81.7 cm³/mol. The first-order chi connectivity index (χ1) is 10.6. The molecule has 5 nitrogen and oxygen atoms in total. The van der Waals surface area contributed by atoms with Gasteiger partial charge >= 0.3 is 0 Å². The molecule has 0 radical (unpaired) electrons. The molecule has 2 saturated heterocycles. The summed E-state index contributed by atoms with van der Waals surface area (Å²) >= 11 is 0. The van der Waals surface area contributed by atoms with E-state index in [0.717, 1.165) is 5.57 Å². The molecule has 0 N–H and O–H groups in total. The second-order valence-electron chi connectivity index (χ2n) is 6.07. The number of benzene rings is 1. The lowest BCUT2D eigenvalue weighted by atomic mass is 10.0. The molecule has 0 aliphatic carbocycles. The van der Waals surface area contributed by atoms with E-state index in [1.807, 2.05) is 37.1 Å². The van der Waals surface area contributed by atoms with Gasteiger partial charge in [0, 0.05) is 12.1 Å². The van der Waals surface area contributed by atoms with Gasteiger partial charge in [-0.1, -0.05) is 30.3 Å². The number of methoxy groups -OCH3 is 1. The second-order valence-corrected chi connectivity index (χ2v) is 6.07. The molecular formula is C17H23NO4. The lowest BCUT2D eigenvalue weighted by molar-refractivity contribution is -0.180. The fourth-order valence-electron chi connectivity index (χ4n) is 2.97. The first kappa shape index (κ1) is 15.5. The van der Waals surface area contributed by atoms with Crippen LogP contribution in [0.4, 0.5) is 0 Å². The van der Waals surface area contributed by atoms with Gasteiger partial charge in [-0.05, 0) is 19.4 Å². The highest BCUT2D eigenvalue weighted by molar-refractivity contribution is 5.19. The third kappa shape index (κ3) is 3.33. The molecule has 1 aromatic rings. The first-order valence-corrected chi connectivity index (χ1v) is 7.56. The molecule has 0 unspecified atom stereocenters. The minimum absolute atomic E-state index is 0.00179. The van der Waals surface area contributed by atoms with Crippen LogP contribution < -0.4 is 0 Å². The highest BCUT2D eigenvalue weighted by atomic mass is 16.8. The van der Waals surface area contributed by atoms with E-state index in [1.165, 1.54) is 5.56 Å². The number of rotatable bonds is 4. The zero-order valence-corrected chi connectivity index (χ0v) is 13.3. The van der Waals surface area contributed by atoms with Gasteiger partial charge in [0.15, 0.2) is 5.79 Å². The van der Waals surface area contributed by atoms with E-state index < -0.39 is 5.79 Å². The lowest BCUT2D eigenvalue weighted by Gasteiger charge is -2.27. The maximum absolute atomic E-state index is 6.04. The topological polar surface area (TPSA) is 40.2 Å². The van der Waals surface area contributed by atoms with Crippen LogP contribution >= 0.6 is 0 Å². The molecule has 0 spiro atoms. The molecule has 5 heteroatoms. The molecular weight excluding hydrogens is 282 g/mol. The van der Waals surface area contributed by atoms with Crippen LogP contribution in [0.2, 0.25) is 0 Å². The van der Waals surface area contributed by atoms with Crippen LogP contribution in [0.1, 0.15) is 19.4 Å². The van der Waals surface area contributed by atoms with Crippen LogP contribution in [0, 0.1) is 0 Å². The zero-order chi connectivity index (χ0) is 15.6. The molecule has 3 rings (SSSR count). The Morgan fingerprint density at radius 2 is 2.09 bits per heavy atom. The van der Waals surface area contributed by atoms with E-state index in [0.29, 0.717) is 19.8 Å². The SMILES string of the molecule is CO/C=C1\CON(Cc2ccccc2)[C@H]1[C@H]1COC(C)(C)O1. The number of ether oxygens (including phenoxy) is 3. The van der Waals surface area contributed by atoms with E-state index in [9.17, 15) is 0 Å². The minimum Gasteiger partial charge on any atom is -0.504 e. The summed E-state index contributed by atoms with van der Waals surface area (Å²) in [5.41, 5.74) is 2.27. The van der Waals surface area contributed by atoms with Crippen LogP contribution in [-0.4, -0.2) is 43.3 Å². The summed E-state index contributed by atoms with van der Waals surface area (Å²) in [6.45, 7) is 5.64. The number of hydrogen-bond donors (Lipinski definition) is 0. The van der Waals surface area contributed by atoms with Gasteiger partial charge in [0.25, 0.3) is 0 Å². The van der Waals surface area contributed by atoms with Gasteiger partial charge in [0.1, 0.15) is 6.10 Å². The van der Waals surface area contributed by atoms with Crippen molar-refractivity contribution in [1.82, 2.24) is 5.06 Å². The maximum Gasteiger partial charge on any atom is 0.163 e. The molecule has 120 valence electrons. The van der Waals surface area contributed by atoms with E-state index in [-0.39, 0.29) is 12.1 Å². The maximum atomic E-state index is 6.04. The largest absolute Gasteiger partial charge is 0.504 e. The Morgan fingerprint density at radius 3 is 2.73 bits per heavy atom. The Labute approximate surface area is 131 Å². The van der Waals surface area contributed by atoms with Gasteiger partial charge in [-0.2, -0.15) is 5.06 Å². The highest BCUT2D eigenvalue weighted by Crippen LogP contribution is 2.33. The van der Waals surface area contributed by atoms with E-state index >= 15 is 0 Å². The Bertz CT molecular complexity index is 529. The van der Waals surface area contributed by atoms with Gasteiger partial charge in [-0.25, -0.2) is 0 Å². The minimum atomic E-state index is -0.552. The van der Waals surface area contributed by atoms with E-state index in [4.69, 9.17) is 19.0 Å². The highest BCUT2D eigenvalue weighted by Gasteiger charge is 2.44. The Kier molecular flexibility index (Phi) is 4.49. The normalized spacial score (nSPS) is 30.0. The fourth-order valence-corrected chi connectivity index (χ4v) is 2.97. The quantitative estimate of drug-likeness (QED) is 0.799. The summed E-state index contributed by atoms with van der Waals surface area (Å²) in [6.07, 6.45) is 1.69. The van der Waals surface area contributed by atoms with Crippen molar-refractivity contribution in [2.45, 2.75) is 38.3 Å². The lowest BCUT2D eigenvalue weighted by Crippen LogP contribution is -2.41. The van der Waals surface area contributed by atoms with E-state index in [1.54, 1.807) is 13.4 Å². The van der Waals surface area contributed by atoms with Gasteiger partial charge < -0.3 is 14.2 Å². The number of nitrogens with zero attached hydrogens (tertiary/aromatic N) is 1. The van der Waals surface area contributed by atoms with Crippen molar-refractivity contribution >= 4 is 0 Å². The summed E-state index contributed by atoms with van der Waals surface area (Å²) in [5, 5.41) is 1.97. The molecule has 2 heterocycles. The van der Waals surface area contributed by atoms with Crippen molar-refractivity contribution in [1.29, 1.82) is 0 Å².